The summed E-state index contributed by atoms with van der Waals surface area (Å²) in [4.78, 5) is 15.0. The van der Waals surface area contributed by atoms with E-state index in [0.717, 1.165) is 8.61 Å². The Bertz CT molecular complexity index is 1530. The Labute approximate surface area is 220 Å². The highest BCUT2D eigenvalue weighted by Crippen LogP contribution is 2.32. The second-order valence-corrected chi connectivity index (χ2v) is 13.2. The summed E-state index contributed by atoms with van der Waals surface area (Å²) in [6, 6.07) is 16.5. The topological polar surface area (TPSA) is 95.1 Å². The van der Waals surface area contributed by atoms with E-state index in [0.29, 0.717) is 34.3 Å². The molecular formula is C24H23Cl2N3O5S2. The van der Waals surface area contributed by atoms with Crippen molar-refractivity contribution >= 4 is 60.5 Å². The first kappa shape index (κ1) is 26.4. The van der Waals surface area contributed by atoms with Gasteiger partial charge in [0.25, 0.3) is 10.0 Å². The Morgan fingerprint density at radius 2 is 1.53 bits per heavy atom. The van der Waals surface area contributed by atoms with Crippen molar-refractivity contribution in [3.05, 3.63) is 82.3 Å². The van der Waals surface area contributed by atoms with E-state index in [9.17, 15) is 21.6 Å². The van der Waals surface area contributed by atoms with Crippen LogP contribution in [0.2, 0.25) is 10.0 Å². The minimum atomic E-state index is -4.14. The molecule has 0 radical (unpaired) electrons. The van der Waals surface area contributed by atoms with Crippen LogP contribution in [0.5, 0.6) is 0 Å². The van der Waals surface area contributed by atoms with Crippen LogP contribution in [0.15, 0.2) is 76.5 Å². The van der Waals surface area contributed by atoms with Crippen LogP contribution in [0.1, 0.15) is 5.56 Å². The van der Waals surface area contributed by atoms with E-state index in [2.05, 4.69) is 0 Å². The second kappa shape index (κ2) is 10.0. The largest absolute Gasteiger partial charge is 0.310 e. The Balaban J connectivity index is 1.68. The van der Waals surface area contributed by atoms with Crippen molar-refractivity contribution in [2.75, 3.05) is 36.4 Å². The zero-order valence-electron chi connectivity index (χ0n) is 19.4. The van der Waals surface area contributed by atoms with Crippen molar-refractivity contribution in [2.24, 2.45) is 0 Å². The van der Waals surface area contributed by atoms with Crippen molar-refractivity contribution in [3.8, 4) is 0 Å². The summed E-state index contributed by atoms with van der Waals surface area (Å²) in [6.07, 6.45) is 0.443. The molecule has 190 valence electrons. The molecule has 1 aliphatic rings. The normalized spacial score (nSPS) is 13.6. The van der Waals surface area contributed by atoms with Gasteiger partial charge in [-0.2, -0.15) is 0 Å². The Morgan fingerprint density at radius 1 is 0.861 bits per heavy atom. The quantitative estimate of drug-likeness (QED) is 0.429. The number of nitrogens with zero attached hydrogens (tertiary/aromatic N) is 3. The van der Waals surface area contributed by atoms with E-state index in [4.69, 9.17) is 23.2 Å². The lowest BCUT2D eigenvalue weighted by Crippen LogP contribution is -2.42. The number of fused-ring (bicyclic) bond motifs is 1. The molecule has 0 unspecified atom stereocenters. The fourth-order valence-electron chi connectivity index (χ4n) is 3.90. The first-order valence-corrected chi connectivity index (χ1v) is 14.4. The van der Waals surface area contributed by atoms with Crippen LogP contribution in [0.3, 0.4) is 0 Å². The van der Waals surface area contributed by atoms with Crippen LogP contribution in [-0.4, -0.2) is 54.2 Å². The van der Waals surface area contributed by atoms with Gasteiger partial charge >= 0.3 is 0 Å². The summed E-state index contributed by atoms with van der Waals surface area (Å²) in [5.41, 5.74) is 1.48. The number of carbonyl (C=O) groups is 1. The molecule has 1 aliphatic heterocycles. The monoisotopic (exact) mass is 567 g/mol. The van der Waals surface area contributed by atoms with Crippen molar-refractivity contribution in [2.45, 2.75) is 16.2 Å². The van der Waals surface area contributed by atoms with Gasteiger partial charge in [-0.1, -0.05) is 29.3 Å². The van der Waals surface area contributed by atoms with Crippen molar-refractivity contribution in [1.82, 2.24) is 4.31 Å². The number of rotatable bonds is 7. The SMILES string of the molecule is CN(C)S(=O)(=O)c1ccc2c(c1)CCN2C(=O)CN(c1cccc(Cl)c1)S(=O)(=O)c1ccc(Cl)cc1. The predicted octanol–water partition coefficient (Wildman–Crippen LogP) is 4.03. The van der Waals surface area contributed by atoms with Gasteiger partial charge in [-0.05, 0) is 72.6 Å². The highest BCUT2D eigenvalue weighted by Gasteiger charge is 2.32. The molecule has 1 heterocycles. The molecular weight excluding hydrogens is 545 g/mol. The minimum Gasteiger partial charge on any atom is -0.310 e. The lowest BCUT2D eigenvalue weighted by Gasteiger charge is -2.27. The smallest absolute Gasteiger partial charge is 0.264 e. The highest BCUT2D eigenvalue weighted by atomic mass is 35.5. The van der Waals surface area contributed by atoms with Gasteiger partial charge in [0, 0.05) is 36.4 Å². The zero-order valence-corrected chi connectivity index (χ0v) is 22.6. The number of hydrogen-bond acceptors (Lipinski definition) is 5. The molecule has 4 rings (SSSR count). The molecule has 0 aliphatic carbocycles. The molecule has 12 heteroatoms. The van der Waals surface area contributed by atoms with E-state index in [1.807, 2.05) is 0 Å². The van der Waals surface area contributed by atoms with E-state index in [-0.39, 0.29) is 15.5 Å². The second-order valence-electron chi connectivity index (χ2n) is 8.32. The third-order valence-electron chi connectivity index (χ3n) is 5.80. The van der Waals surface area contributed by atoms with E-state index < -0.39 is 32.5 Å². The number of carbonyl (C=O) groups excluding carboxylic acids is 1. The molecule has 0 aromatic heterocycles. The number of halogens is 2. The van der Waals surface area contributed by atoms with Gasteiger partial charge in [-0.15, -0.1) is 0 Å². The summed E-state index contributed by atoms with van der Waals surface area (Å²) in [5, 5.41) is 0.695. The van der Waals surface area contributed by atoms with E-state index in [1.54, 1.807) is 30.3 Å². The van der Waals surface area contributed by atoms with Gasteiger partial charge in [-0.3, -0.25) is 9.10 Å². The van der Waals surface area contributed by atoms with Gasteiger partial charge < -0.3 is 4.90 Å². The number of anilines is 2. The van der Waals surface area contributed by atoms with Crippen LogP contribution in [0.25, 0.3) is 0 Å². The Kier molecular flexibility index (Phi) is 7.36. The molecule has 0 atom stereocenters. The molecule has 0 bridgehead atoms. The van der Waals surface area contributed by atoms with Crippen LogP contribution in [-0.2, 0) is 31.3 Å². The van der Waals surface area contributed by atoms with Gasteiger partial charge in [0.05, 0.1) is 15.5 Å². The summed E-state index contributed by atoms with van der Waals surface area (Å²) in [5.74, 6) is -0.463. The van der Waals surface area contributed by atoms with E-state index in [1.165, 1.54) is 55.4 Å². The molecule has 0 N–H and O–H groups in total. The fraction of sp³-hybridized carbons (Fsp3) is 0.208. The highest BCUT2D eigenvalue weighted by molar-refractivity contribution is 7.92. The van der Waals surface area contributed by atoms with Crippen LogP contribution >= 0.6 is 23.2 Å². The molecule has 36 heavy (non-hydrogen) atoms. The number of benzene rings is 3. The van der Waals surface area contributed by atoms with Crippen molar-refractivity contribution < 1.29 is 21.6 Å². The number of sulfonamides is 2. The first-order valence-electron chi connectivity index (χ1n) is 10.8. The average Bonchev–Trinajstić information content (AvgIpc) is 3.26. The molecule has 0 spiro atoms. The van der Waals surface area contributed by atoms with Gasteiger partial charge in [0.15, 0.2) is 0 Å². The molecule has 3 aromatic rings. The lowest BCUT2D eigenvalue weighted by atomic mass is 10.2. The maximum absolute atomic E-state index is 13.6. The Hall–Kier alpha value is -2.63. The standard InChI is InChI=1S/C24H23Cl2N3O5S2/c1-27(2)35(31,32)22-10-11-23-17(14-22)12-13-28(23)24(30)16-29(20-5-3-4-19(26)15-20)36(33,34)21-8-6-18(25)7-9-21/h3-11,14-15H,12-13,16H2,1-2H3. The van der Waals surface area contributed by atoms with Crippen molar-refractivity contribution in [1.29, 1.82) is 0 Å². The van der Waals surface area contributed by atoms with Crippen LogP contribution in [0, 0.1) is 0 Å². The van der Waals surface area contributed by atoms with Crippen molar-refractivity contribution in [3.63, 3.8) is 0 Å². The molecule has 1 amide bonds. The molecule has 3 aromatic carbocycles. The molecule has 0 saturated heterocycles. The maximum Gasteiger partial charge on any atom is 0.264 e. The average molecular weight is 569 g/mol. The van der Waals surface area contributed by atoms with E-state index >= 15 is 0 Å². The molecule has 8 nitrogen and oxygen atoms in total. The summed E-state index contributed by atoms with van der Waals surface area (Å²) >= 11 is 12.1. The third-order valence-corrected chi connectivity index (χ3v) is 9.89. The fourth-order valence-corrected chi connectivity index (χ4v) is 6.57. The predicted molar refractivity (Wildman–Crippen MR) is 141 cm³/mol. The maximum atomic E-state index is 13.6. The van der Waals surface area contributed by atoms with Gasteiger partial charge in [0.1, 0.15) is 6.54 Å². The Morgan fingerprint density at radius 3 is 2.17 bits per heavy atom. The third kappa shape index (κ3) is 5.09. The molecule has 0 saturated carbocycles. The minimum absolute atomic E-state index is 0.0277. The lowest BCUT2D eigenvalue weighted by molar-refractivity contribution is -0.117. The van der Waals surface area contributed by atoms with Gasteiger partial charge in [0.2, 0.25) is 15.9 Å². The summed E-state index contributed by atoms with van der Waals surface area (Å²) in [6.45, 7) is -0.188. The zero-order chi connectivity index (χ0) is 26.3. The first-order chi connectivity index (χ1) is 16.9. The summed E-state index contributed by atoms with van der Waals surface area (Å²) < 4.78 is 54.3. The van der Waals surface area contributed by atoms with Gasteiger partial charge in [-0.25, -0.2) is 21.1 Å². The summed E-state index contributed by atoms with van der Waals surface area (Å²) in [7, 11) is -4.87. The number of hydrogen-bond donors (Lipinski definition) is 0. The molecule has 0 fully saturated rings. The van der Waals surface area contributed by atoms with Crippen LogP contribution in [0.4, 0.5) is 11.4 Å². The van der Waals surface area contributed by atoms with Crippen LogP contribution < -0.4 is 9.21 Å². The number of amides is 1.